The number of hydrogen-bond acceptors (Lipinski definition) is 4. The molecule has 24 heavy (non-hydrogen) atoms. The molecule has 0 unspecified atom stereocenters. The zero-order chi connectivity index (χ0) is 16.9. The Morgan fingerprint density at radius 2 is 1.92 bits per heavy atom. The second-order valence-corrected chi connectivity index (χ2v) is 5.50. The summed E-state index contributed by atoms with van der Waals surface area (Å²) >= 11 is 0. The fraction of sp³-hybridized carbons (Fsp3) is 0.158. The first-order valence-corrected chi connectivity index (χ1v) is 7.70. The van der Waals surface area contributed by atoms with Crippen LogP contribution in [0, 0.1) is 6.92 Å². The molecule has 0 atom stereocenters. The molecule has 0 saturated carbocycles. The van der Waals surface area contributed by atoms with Crippen molar-refractivity contribution in [1.82, 2.24) is 9.97 Å². The maximum atomic E-state index is 12.4. The Kier molecular flexibility index (Phi) is 4.61. The van der Waals surface area contributed by atoms with E-state index in [1.54, 1.807) is 7.11 Å². The SMILES string of the molecule is COc1cccc(Nc2nc(C)c(Cc3ccccc3)c(=O)[nH]2)c1. The van der Waals surface area contributed by atoms with E-state index in [4.69, 9.17) is 4.74 Å². The van der Waals surface area contributed by atoms with Crippen LogP contribution < -0.4 is 15.6 Å². The highest BCUT2D eigenvalue weighted by Gasteiger charge is 2.09. The van der Waals surface area contributed by atoms with Crippen LogP contribution in [0.25, 0.3) is 0 Å². The summed E-state index contributed by atoms with van der Waals surface area (Å²) in [5, 5.41) is 3.10. The lowest BCUT2D eigenvalue weighted by molar-refractivity contribution is 0.415. The highest BCUT2D eigenvalue weighted by Crippen LogP contribution is 2.19. The largest absolute Gasteiger partial charge is 0.497 e. The van der Waals surface area contributed by atoms with Crippen molar-refractivity contribution in [3.05, 3.63) is 81.8 Å². The molecule has 1 aromatic heterocycles. The van der Waals surface area contributed by atoms with Gasteiger partial charge in [-0.1, -0.05) is 36.4 Å². The van der Waals surface area contributed by atoms with Gasteiger partial charge in [0, 0.05) is 23.7 Å². The van der Waals surface area contributed by atoms with E-state index in [-0.39, 0.29) is 5.56 Å². The van der Waals surface area contributed by atoms with E-state index in [1.807, 2.05) is 61.5 Å². The molecule has 0 fully saturated rings. The van der Waals surface area contributed by atoms with Gasteiger partial charge in [-0.15, -0.1) is 0 Å². The number of ether oxygens (including phenoxy) is 1. The minimum absolute atomic E-state index is 0.128. The number of benzene rings is 2. The zero-order valence-corrected chi connectivity index (χ0v) is 13.7. The molecule has 0 aliphatic rings. The maximum absolute atomic E-state index is 12.4. The van der Waals surface area contributed by atoms with Gasteiger partial charge in [0.1, 0.15) is 5.75 Å². The summed E-state index contributed by atoms with van der Waals surface area (Å²) in [6, 6.07) is 17.3. The summed E-state index contributed by atoms with van der Waals surface area (Å²) in [5.74, 6) is 1.15. The van der Waals surface area contributed by atoms with Crippen molar-refractivity contribution in [3.63, 3.8) is 0 Å². The molecule has 0 aliphatic heterocycles. The zero-order valence-electron chi connectivity index (χ0n) is 13.7. The molecule has 5 nitrogen and oxygen atoms in total. The van der Waals surface area contributed by atoms with Crippen LogP contribution in [-0.4, -0.2) is 17.1 Å². The number of anilines is 2. The second kappa shape index (κ2) is 7.00. The molecule has 5 heteroatoms. The van der Waals surface area contributed by atoms with Crippen LogP contribution in [0.4, 0.5) is 11.6 Å². The summed E-state index contributed by atoms with van der Waals surface area (Å²) in [5.41, 5.74) is 3.15. The van der Waals surface area contributed by atoms with E-state index in [2.05, 4.69) is 15.3 Å². The van der Waals surface area contributed by atoms with Gasteiger partial charge in [0.2, 0.25) is 5.95 Å². The molecule has 0 radical (unpaired) electrons. The minimum atomic E-state index is -0.128. The Bertz CT molecular complexity index is 889. The lowest BCUT2D eigenvalue weighted by atomic mass is 10.1. The molecule has 3 rings (SSSR count). The molecule has 2 N–H and O–H groups in total. The molecule has 1 heterocycles. The van der Waals surface area contributed by atoms with Gasteiger partial charge in [0.05, 0.1) is 12.8 Å². The monoisotopic (exact) mass is 321 g/mol. The fourth-order valence-electron chi connectivity index (χ4n) is 2.52. The molecule has 0 spiro atoms. The lowest BCUT2D eigenvalue weighted by Crippen LogP contribution is -2.18. The van der Waals surface area contributed by atoms with Gasteiger partial charge in [0.15, 0.2) is 0 Å². The fourth-order valence-corrected chi connectivity index (χ4v) is 2.52. The predicted molar refractivity (Wildman–Crippen MR) is 95.1 cm³/mol. The first-order chi connectivity index (χ1) is 11.7. The van der Waals surface area contributed by atoms with E-state index in [1.165, 1.54) is 0 Å². The van der Waals surface area contributed by atoms with Crippen LogP contribution in [0.15, 0.2) is 59.4 Å². The van der Waals surface area contributed by atoms with Gasteiger partial charge in [-0.05, 0) is 24.6 Å². The number of nitrogens with zero attached hydrogens (tertiary/aromatic N) is 1. The highest BCUT2D eigenvalue weighted by molar-refractivity contribution is 5.56. The lowest BCUT2D eigenvalue weighted by Gasteiger charge is -2.10. The molecule has 0 amide bonds. The van der Waals surface area contributed by atoms with Gasteiger partial charge in [0.25, 0.3) is 5.56 Å². The van der Waals surface area contributed by atoms with Crippen LogP contribution in [0.2, 0.25) is 0 Å². The van der Waals surface area contributed by atoms with Crippen molar-refractivity contribution in [2.75, 3.05) is 12.4 Å². The topological polar surface area (TPSA) is 67.0 Å². The summed E-state index contributed by atoms with van der Waals surface area (Å²) in [6.07, 6.45) is 0.564. The van der Waals surface area contributed by atoms with Gasteiger partial charge in [-0.3, -0.25) is 9.78 Å². The highest BCUT2D eigenvalue weighted by atomic mass is 16.5. The molecule has 2 aromatic carbocycles. The molecule has 122 valence electrons. The standard InChI is InChI=1S/C19H19N3O2/c1-13-17(11-14-7-4-3-5-8-14)18(23)22-19(20-13)21-15-9-6-10-16(12-15)24-2/h3-10,12H,11H2,1-2H3,(H2,20,21,22,23). The molecular formula is C19H19N3O2. The third-order valence-electron chi connectivity index (χ3n) is 3.78. The maximum Gasteiger partial charge on any atom is 0.256 e. The number of aromatic nitrogens is 2. The number of rotatable bonds is 5. The van der Waals surface area contributed by atoms with Crippen molar-refractivity contribution in [2.45, 2.75) is 13.3 Å². The van der Waals surface area contributed by atoms with Crippen LogP contribution in [-0.2, 0) is 6.42 Å². The third-order valence-corrected chi connectivity index (χ3v) is 3.78. The quantitative estimate of drug-likeness (QED) is 0.755. The van der Waals surface area contributed by atoms with Gasteiger partial charge >= 0.3 is 0 Å². The summed E-state index contributed by atoms with van der Waals surface area (Å²) in [4.78, 5) is 19.7. The minimum Gasteiger partial charge on any atom is -0.497 e. The van der Waals surface area contributed by atoms with Crippen LogP contribution in [0.1, 0.15) is 16.8 Å². The van der Waals surface area contributed by atoms with E-state index in [0.717, 1.165) is 17.0 Å². The summed E-state index contributed by atoms with van der Waals surface area (Å²) in [7, 11) is 1.61. The van der Waals surface area contributed by atoms with Crippen molar-refractivity contribution in [1.29, 1.82) is 0 Å². The van der Waals surface area contributed by atoms with Crippen LogP contribution in [0.5, 0.6) is 5.75 Å². The second-order valence-electron chi connectivity index (χ2n) is 5.50. The average molecular weight is 321 g/mol. The Morgan fingerprint density at radius 3 is 2.62 bits per heavy atom. The number of methoxy groups -OCH3 is 1. The number of H-pyrrole nitrogens is 1. The molecular weight excluding hydrogens is 302 g/mol. The Balaban J connectivity index is 1.85. The van der Waals surface area contributed by atoms with E-state index < -0.39 is 0 Å². The molecule has 0 bridgehead atoms. The van der Waals surface area contributed by atoms with Crippen LogP contribution >= 0.6 is 0 Å². The molecule has 3 aromatic rings. The Labute approximate surface area is 140 Å². The van der Waals surface area contributed by atoms with Crippen molar-refractivity contribution >= 4 is 11.6 Å². The van der Waals surface area contributed by atoms with E-state index in [9.17, 15) is 4.79 Å². The van der Waals surface area contributed by atoms with Crippen molar-refractivity contribution < 1.29 is 4.74 Å². The number of hydrogen-bond donors (Lipinski definition) is 2. The summed E-state index contributed by atoms with van der Waals surface area (Å²) < 4.78 is 5.19. The van der Waals surface area contributed by atoms with Crippen molar-refractivity contribution in [3.8, 4) is 5.75 Å². The van der Waals surface area contributed by atoms with E-state index >= 15 is 0 Å². The smallest absolute Gasteiger partial charge is 0.256 e. The van der Waals surface area contributed by atoms with Crippen LogP contribution in [0.3, 0.4) is 0 Å². The number of nitrogens with one attached hydrogen (secondary N) is 2. The molecule has 0 saturated heterocycles. The normalized spacial score (nSPS) is 10.4. The molecule has 0 aliphatic carbocycles. The summed E-state index contributed by atoms with van der Waals surface area (Å²) in [6.45, 7) is 1.85. The van der Waals surface area contributed by atoms with E-state index in [0.29, 0.717) is 23.6 Å². The van der Waals surface area contributed by atoms with Gasteiger partial charge < -0.3 is 10.1 Å². The number of aryl methyl sites for hydroxylation is 1. The van der Waals surface area contributed by atoms with Gasteiger partial charge in [-0.2, -0.15) is 0 Å². The Hall–Kier alpha value is -3.08. The predicted octanol–water partition coefficient (Wildman–Crippen LogP) is 3.42. The van der Waals surface area contributed by atoms with Gasteiger partial charge in [-0.25, -0.2) is 4.98 Å². The first kappa shape index (κ1) is 15.8. The number of aromatic amines is 1. The first-order valence-electron chi connectivity index (χ1n) is 7.70. The van der Waals surface area contributed by atoms with Crippen molar-refractivity contribution in [2.24, 2.45) is 0 Å². The Morgan fingerprint density at radius 1 is 1.12 bits per heavy atom. The third kappa shape index (κ3) is 3.63. The average Bonchev–Trinajstić information content (AvgIpc) is 2.59.